The number of aromatic hydroxyl groups is 1. The molecule has 0 aliphatic carbocycles. The first-order valence-corrected chi connectivity index (χ1v) is 7.83. The third kappa shape index (κ3) is 3.38. The van der Waals surface area contributed by atoms with E-state index in [0.29, 0.717) is 11.7 Å². The fourth-order valence-electron chi connectivity index (χ4n) is 1.38. The van der Waals surface area contributed by atoms with E-state index in [0.717, 1.165) is 27.1 Å². The van der Waals surface area contributed by atoms with Gasteiger partial charge in [-0.1, -0.05) is 12.1 Å². The highest BCUT2D eigenvalue weighted by atomic mass is 127. The van der Waals surface area contributed by atoms with E-state index in [4.69, 9.17) is 4.52 Å². The Labute approximate surface area is 123 Å². The Balaban J connectivity index is 2.11. The Bertz CT molecular complexity index is 531. The van der Waals surface area contributed by atoms with Gasteiger partial charge in [-0.2, -0.15) is 16.7 Å². The number of rotatable bonds is 5. The van der Waals surface area contributed by atoms with Gasteiger partial charge < -0.3 is 9.63 Å². The van der Waals surface area contributed by atoms with Gasteiger partial charge in [0.2, 0.25) is 0 Å². The maximum Gasteiger partial charge on any atom is 0.258 e. The maximum atomic E-state index is 9.64. The van der Waals surface area contributed by atoms with Gasteiger partial charge in [0.15, 0.2) is 5.82 Å². The number of phenolic OH excluding ortho intramolecular Hbond substituents is 1. The zero-order chi connectivity index (χ0) is 13.0. The molecular formula is C12H13IN2O2S. The summed E-state index contributed by atoms with van der Waals surface area (Å²) in [5.41, 5.74) is 0.743. The van der Waals surface area contributed by atoms with Crippen LogP contribution >= 0.6 is 34.4 Å². The van der Waals surface area contributed by atoms with E-state index in [2.05, 4.69) is 39.7 Å². The third-order valence-electron chi connectivity index (χ3n) is 2.24. The summed E-state index contributed by atoms with van der Waals surface area (Å²) >= 11 is 3.85. The smallest absolute Gasteiger partial charge is 0.258 e. The van der Waals surface area contributed by atoms with Crippen molar-refractivity contribution >= 4 is 34.4 Å². The van der Waals surface area contributed by atoms with E-state index in [1.807, 2.05) is 12.1 Å². The molecule has 0 aliphatic rings. The fraction of sp³-hybridized carbons (Fsp3) is 0.333. The second-order valence-corrected chi connectivity index (χ2v) is 6.00. The summed E-state index contributed by atoms with van der Waals surface area (Å²) in [6.45, 7) is 2.14. The Morgan fingerprint density at radius 2 is 2.28 bits per heavy atom. The second-order valence-electron chi connectivity index (χ2n) is 3.73. The SMILES string of the molecule is CCCSCc1noc(-c2ccc(I)c(O)c2)n1. The van der Waals surface area contributed by atoms with Crippen LogP contribution in [0.15, 0.2) is 22.7 Å². The average molecular weight is 376 g/mol. The van der Waals surface area contributed by atoms with E-state index in [-0.39, 0.29) is 5.75 Å². The van der Waals surface area contributed by atoms with Crippen molar-refractivity contribution in [2.24, 2.45) is 0 Å². The van der Waals surface area contributed by atoms with Crippen LogP contribution < -0.4 is 0 Å². The molecule has 18 heavy (non-hydrogen) atoms. The molecule has 0 atom stereocenters. The first kappa shape index (κ1) is 13.7. The minimum Gasteiger partial charge on any atom is -0.507 e. The van der Waals surface area contributed by atoms with Gasteiger partial charge in [0.25, 0.3) is 5.89 Å². The minimum absolute atomic E-state index is 0.230. The van der Waals surface area contributed by atoms with Crippen molar-refractivity contribution in [2.45, 2.75) is 19.1 Å². The molecule has 0 amide bonds. The number of phenols is 1. The van der Waals surface area contributed by atoms with Crippen LogP contribution in [-0.4, -0.2) is 21.0 Å². The zero-order valence-corrected chi connectivity index (χ0v) is 12.9. The molecule has 0 spiro atoms. The second kappa shape index (κ2) is 6.42. The van der Waals surface area contributed by atoms with Crippen molar-refractivity contribution in [3.05, 3.63) is 27.6 Å². The molecule has 0 unspecified atom stereocenters. The molecule has 0 radical (unpaired) electrons. The van der Waals surface area contributed by atoms with Gasteiger partial charge in [0.05, 0.1) is 9.32 Å². The van der Waals surface area contributed by atoms with Gasteiger partial charge in [0, 0.05) is 5.56 Å². The van der Waals surface area contributed by atoms with Gasteiger partial charge in [-0.3, -0.25) is 0 Å². The highest BCUT2D eigenvalue weighted by Gasteiger charge is 2.10. The van der Waals surface area contributed by atoms with Gasteiger partial charge in [-0.15, -0.1) is 0 Å². The van der Waals surface area contributed by atoms with E-state index >= 15 is 0 Å². The lowest BCUT2D eigenvalue weighted by molar-refractivity contribution is 0.424. The number of nitrogens with zero attached hydrogens (tertiary/aromatic N) is 2. The van der Waals surface area contributed by atoms with Crippen LogP contribution in [0, 0.1) is 3.57 Å². The molecule has 1 aromatic heterocycles. The molecular weight excluding hydrogens is 363 g/mol. The lowest BCUT2D eigenvalue weighted by Gasteiger charge is -1.98. The van der Waals surface area contributed by atoms with Crippen molar-refractivity contribution in [3.63, 3.8) is 0 Å². The summed E-state index contributed by atoms with van der Waals surface area (Å²) in [5.74, 6) is 3.23. The summed E-state index contributed by atoms with van der Waals surface area (Å²) in [4.78, 5) is 4.31. The molecule has 4 nitrogen and oxygen atoms in total. The molecule has 0 aliphatic heterocycles. The molecule has 2 rings (SSSR count). The normalized spacial score (nSPS) is 10.8. The molecule has 0 saturated carbocycles. The number of hydrogen-bond donors (Lipinski definition) is 1. The lowest BCUT2D eigenvalue weighted by atomic mass is 10.2. The van der Waals surface area contributed by atoms with Crippen LogP contribution in [0.1, 0.15) is 19.2 Å². The summed E-state index contributed by atoms with van der Waals surface area (Å²) in [6, 6.07) is 5.32. The maximum absolute atomic E-state index is 9.64. The summed E-state index contributed by atoms with van der Waals surface area (Å²) < 4.78 is 5.99. The van der Waals surface area contributed by atoms with Crippen LogP contribution in [0.25, 0.3) is 11.5 Å². The van der Waals surface area contributed by atoms with Crippen molar-refractivity contribution in [2.75, 3.05) is 5.75 Å². The van der Waals surface area contributed by atoms with Gasteiger partial charge >= 0.3 is 0 Å². The molecule has 1 aromatic carbocycles. The first-order valence-electron chi connectivity index (χ1n) is 5.60. The van der Waals surface area contributed by atoms with E-state index < -0.39 is 0 Å². The summed E-state index contributed by atoms with van der Waals surface area (Å²) in [6.07, 6.45) is 1.14. The Morgan fingerprint density at radius 1 is 1.44 bits per heavy atom. The fourth-order valence-corrected chi connectivity index (χ4v) is 2.45. The minimum atomic E-state index is 0.230. The first-order chi connectivity index (χ1) is 8.70. The van der Waals surface area contributed by atoms with Gasteiger partial charge in [-0.05, 0) is 53.0 Å². The molecule has 6 heteroatoms. The standard InChI is InChI=1S/C12H13IN2O2S/c1-2-5-18-7-11-14-12(17-15-11)8-3-4-9(13)10(16)6-8/h3-4,6,16H,2,5,7H2,1H3. The van der Waals surface area contributed by atoms with Gasteiger partial charge in [-0.25, -0.2) is 0 Å². The van der Waals surface area contributed by atoms with Gasteiger partial charge in [0.1, 0.15) is 5.75 Å². The number of benzene rings is 1. The van der Waals surface area contributed by atoms with Crippen LogP contribution in [-0.2, 0) is 5.75 Å². The van der Waals surface area contributed by atoms with Crippen molar-refractivity contribution < 1.29 is 9.63 Å². The molecule has 0 bridgehead atoms. The number of halogens is 1. The van der Waals surface area contributed by atoms with E-state index in [1.165, 1.54) is 0 Å². The van der Waals surface area contributed by atoms with Crippen molar-refractivity contribution in [1.82, 2.24) is 10.1 Å². The number of thioether (sulfide) groups is 1. The third-order valence-corrected chi connectivity index (χ3v) is 4.31. The van der Waals surface area contributed by atoms with Crippen LogP contribution in [0.2, 0.25) is 0 Å². The average Bonchev–Trinajstić information content (AvgIpc) is 2.82. The zero-order valence-electron chi connectivity index (χ0n) is 9.89. The van der Waals surface area contributed by atoms with E-state index in [9.17, 15) is 5.11 Å². The monoisotopic (exact) mass is 376 g/mol. The highest BCUT2D eigenvalue weighted by Crippen LogP contribution is 2.26. The van der Waals surface area contributed by atoms with Crippen LogP contribution in [0.4, 0.5) is 0 Å². The van der Waals surface area contributed by atoms with Crippen LogP contribution in [0.5, 0.6) is 5.75 Å². The Kier molecular flexibility index (Phi) is 4.87. The number of hydrogen-bond acceptors (Lipinski definition) is 5. The summed E-state index contributed by atoms with van der Waals surface area (Å²) in [5, 5.41) is 13.6. The molecule has 1 N–H and O–H groups in total. The van der Waals surface area contributed by atoms with Crippen molar-refractivity contribution in [1.29, 1.82) is 0 Å². The Morgan fingerprint density at radius 3 is 3.00 bits per heavy atom. The molecule has 2 aromatic rings. The number of aromatic nitrogens is 2. The van der Waals surface area contributed by atoms with Crippen molar-refractivity contribution in [3.8, 4) is 17.2 Å². The molecule has 1 heterocycles. The van der Waals surface area contributed by atoms with E-state index in [1.54, 1.807) is 17.8 Å². The molecule has 96 valence electrons. The summed E-state index contributed by atoms with van der Waals surface area (Å²) in [7, 11) is 0. The van der Waals surface area contributed by atoms with Crippen LogP contribution in [0.3, 0.4) is 0 Å². The molecule has 0 fully saturated rings. The topological polar surface area (TPSA) is 59.2 Å². The largest absolute Gasteiger partial charge is 0.507 e. The quantitative estimate of drug-likeness (QED) is 0.637. The lowest BCUT2D eigenvalue weighted by Crippen LogP contribution is -1.85. The predicted octanol–water partition coefficient (Wildman–Crippen LogP) is 3.69. The highest BCUT2D eigenvalue weighted by molar-refractivity contribution is 14.1. The predicted molar refractivity (Wildman–Crippen MR) is 80.6 cm³/mol. The Hall–Kier alpha value is -0.760. The molecule has 0 saturated heterocycles.